The Bertz CT molecular complexity index is 1020. The van der Waals surface area contributed by atoms with Gasteiger partial charge >= 0.3 is 6.18 Å². The van der Waals surface area contributed by atoms with Crippen molar-refractivity contribution in [2.45, 2.75) is 24.9 Å². The number of ether oxygens (including phenoxy) is 1. The summed E-state index contributed by atoms with van der Waals surface area (Å²) in [6, 6.07) is 7.95. The highest BCUT2D eigenvalue weighted by atomic mass is 35.5. The van der Waals surface area contributed by atoms with Gasteiger partial charge in [0, 0.05) is 11.1 Å². The number of nitrogens with zero attached hydrogens (tertiary/aromatic N) is 4. The predicted octanol–water partition coefficient (Wildman–Crippen LogP) is 5.77. The normalized spacial score (nSPS) is 12.1. The molecule has 3 aromatic rings. The number of benzene rings is 1. The number of thioether (sulfide) groups is 1. The fourth-order valence-electron chi connectivity index (χ4n) is 2.16. The topological polar surface area (TPSA) is 65.4 Å². The summed E-state index contributed by atoms with van der Waals surface area (Å²) in [5.74, 6) is 0.335. The van der Waals surface area contributed by atoms with Crippen LogP contribution in [0.15, 0.2) is 45.0 Å². The number of aromatic nitrogens is 3. The first-order valence-electron chi connectivity index (χ1n) is 8.14. The molecule has 154 valence electrons. The van der Waals surface area contributed by atoms with Gasteiger partial charge in [0.25, 0.3) is 5.82 Å². The maximum absolute atomic E-state index is 13.1. The van der Waals surface area contributed by atoms with E-state index in [-0.39, 0.29) is 17.5 Å². The van der Waals surface area contributed by atoms with Crippen LogP contribution in [0.3, 0.4) is 0 Å². The second kappa shape index (κ2) is 9.10. The Labute approximate surface area is 177 Å². The lowest BCUT2D eigenvalue weighted by Gasteiger charge is -2.06. The maximum atomic E-state index is 13.1. The third-order valence-corrected chi connectivity index (χ3v) is 4.73. The van der Waals surface area contributed by atoms with Crippen molar-refractivity contribution in [3.8, 4) is 5.75 Å². The first-order chi connectivity index (χ1) is 13.8. The molecule has 2 heterocycles. The Morgan fingerprint density at radius 3 is 2.76 bits per heavy atom. The average molecular weight is 465 g/mol. The number of rotatable bonds is 7. The highest BCUT2D eigenvalue weighted by molar-refractivity contribution is 7.99. The van der Waals surface area contributed by atoms with Gasteiger partial charge < -0.3 is 9.15 Å². The summed E-state index contributed by atoms with van der Waals surface area (Å²) in [7, 11) is 0. The zero-order valence-electron chi connectivity index (χ0n) is 14.8. The van der Waals surface area contributed by atoms with Gasteiger partial charge in [-0.15, -0.1) is 10.2 Å². The zero-order chi connectivity index (χ0) is 21.0. The van der Waals surface area contributed by atoms with Crippen LogP contribution < -0.4 is 4.74 Å². The van der Waals surface area contributed by atoms with Crippen molar-refractivity contribution in [2.24, 2.45) is 5.10 Å². The molecule has 1 aromatic carbocycles. The lowest BCUT2D eigenvalue weighted by Crippen LogP contribution is -2.13. The number of alkyl halides is 3. The molecule has 0 spiro atoms. The molecule has 0 saturated heterocycles. The Kier molecular flexibility index (Phi) is 6.76. The van der Waals surface area contributed by atoms with Crippen LogP contribution in [0.25, 0.3) is 0 Å². The van der Waals surface area contributed by atoms with Gasteiger partial charge in [0.05, 0.1) is 11.2 Å². The lowest BCUT2D eigenvalue weighted by molar-refractivity contribution is -0.147. The van der Waals surface area contributed by atoms with Crippen molar-refractivity contribution in [1.29, 1.82) is 0 Å². The van der Waals surface area contributed by atoms with Crippen LogP contribution in [0.1, 0.15) is 24.3 Å². The second-order valence-electron chi connectivity index (χ2n) is 5.46. The molecule has 0 aliphatic carbocycles. The van der Waals surface area contributed by atoms with Crippen LogP contribution in [0.2, 0.25) is 10.0 Å². The van der Waals surface area contributed by atoms with E-state index in [1.54, 1.807) is 37.3 Å². The van der Waals surface area contributed by atoms with Crippen LogP contribution in [0.4, 0.5) is 13.2 Å². The van der Waals surface area contributed by atoms with E-state index in [0.29, 0.717) is 32.0 Å². The molecule has 3 rings (SSSR count). The molecule has 2 aromatic heterocycles. The zero-order valence-corrected chi connectivity index (χ0v) is 17.1. The maximum Gasteiger partial charge on any atom is 0.453 e. The van der Waals surface area contributed by atoms with Gasteiger partial charge in [-0.1, -0.05) is 41.9 Å². The quantitative estimate of drug-likeness (QED) is 0.328. The minimum atomic E-state index is -4.69. The molecule has 0 unspecified atom stereocenters. The lowest BCUT2D eigenvalue weighted by atomic mass is 10.3. The van der Waals surface area contributed by atoms with Crippen molar-refractivity contribution in [3.05, 3.63) is 57.7 Å². The smallest absolute Gasteiger partial charge is 0.453 e. The van der Waals surface area contributed by atoms with E-state index in [9.17, 15) is 13.2 Å². The van der Waals surface area contributed by atoms with Crippen LogP contribution >= 0.6 is 35.0 Å². The van der Waals surface area contributed by atoms with Gasteiger partial charge in [0.15, 0.2) is 0 Å². The van der Waals surface area contributed by atoms with E-state index in [2.05, 4.69) is 15.3 Å². The summed E-state index contributed by atoms with van der Waals surface area (Å²) >= 11 is 13.0. The molecular weight excluding hydrogens is 452 g/mol. The highest BCUT2D eigenvalue weighted by Crippen LogP contribution is 2.31. The summed E-state index contributed by atoms with van der Waals surface area (Å²) < 4.78 is 51.0. The summed E-state index contributed by atoms with van der Waals surface area (Å²) in [6.45, 7) is 1.83. The molecular formula is C17H13Cl2F3N4O2S. The van der Waals surface area contributed by atoms with Gasteiger partial charge in [-0.25, -0.2) is 0 Å². The van der Waals surface area contributed by atoms with Gasteiger partial charge in [-0.2, -0.15) is 22.9 Å². The molecule has 0 radical (unpaired) electrons. The Balaban J connectivity index is 1.74. The predicted molar refractivity (Wildman–Crippen MR) is 104 cm³/mol. The summed E-state index contributed by atoms with van der Waals surface area (Å²) in [5.41, 5.74) is 0. The Morgan fingerprint density at radius 1 is 1.24 bits per heavy atom. The van der Waals surface area contributed by atoms with Gasteiger partial charge in [0.2, 0.25) is 5.16 Å². The Morgan fingerprint density at radius 2 is 2.03 bits per heavy atom. The number of halogens is 5. The van der Waals surface area contributed by atoms with E-state index in [1.165, 1.54) is 0 Å². The van der Waals surface area contributed by atoms with Crippen LogP contribution in [0, 0.1) is 0 Å². The second-order valence-corrected chi connectivity index (χ2v) is 7.54. The molecule has 0 atom stereocenters. The molecule has 0 aliphatic heterocycles. The van der Waals surface area contributed by atoms with Gasteiger partial charge in [0.1, 0.15) is 23.9 Å². The molecule has 29 heavy (non-hydrogen) atoms. The van der Waals surface area contributed by atoms with Crippen LogP contribution in [-0.4, -0.2) is 26.8 Å². The first-order valence-corrected chi connectivity index (χ1v) is 9.88. The van der Waals surface area contributed by atoms with Crippen molar-refractivity contribution in [3.63, 3.8) is 0 Å². The number of furan rings is 1. The molecule has 12 heteroatoms. The summed E-state index contributed by atoms with van der Waals surface area (Å²) in [6.07, 6.45) is -3.54. The summed E-state index contributed by atoms with van der Waals surface area (Å²) in [5, 5.41) is 11.4. The van der Waals surface area contributed by atoms with E-state index >= 15 is 0 Å². The Hall–Kier alpha value is -2.17. The monoisotopic (exact) mass is 464 g/mol. The van der Waals surface area contributed by atoms with Gasteiger partial charge in [-0.3, -0.25) is 0 Å². The molecule has 6 nitrogen and oxygen atoms in total. The number of hydrogen-bond donors (Lipinski definition) is 0. The molecule has 0 saturated carbocycles. The van der Waals surface area contributed by atoms with Crippen LogP contribution in [-0.2, 0) is 12.8 Å². The largest absolute Gasteiger partial charge is 0.484 e. The first kappa shape index (κ1) is 21.5. The third kappa shape index (κ3) is 5.46. The summed E-state index contributed by atoms with van der Waals surface area (Å²) in [4.78, 5) is 0. The molecule has 0 bridgehead atoms. The van der Waals surface area contributed by atoms with E-state index in [1.807, 2.05) is 0 Å². The van der Waals surface area contributed by atoms with Gasteiger partial charge in [-0.05, 0) is 30.0 Å². The molecule has 0 N–H and O–H groups in total. The minimum Gasteiger partial charge on any atom is -0.484 e. The van der Waals surface area contributed by atoms with E-state index in [4.69, 9.17) is 32.4 Å². The van der Waals surface area contributed by atoms with E-state index < -0.39 is 12.0 Å². The van der Waals surface area contributed by atoms with Crippen molar-refractivity contribution in [1.82, 2.24) is 14.9 Å². The van der Waals surface area contributed by atoms with Crippen molar-refractivity contribution < 1.29 is 22.3 Å². The molecule has 0 fully saturated rings. The third-order valence-electron chi connectivity index (χ3n) is 3.39. The highest BCUT2D eigenvalue weighted by Gasteiger charge is 2.38. The molecule has 0 aliphatic rings. The fourth-order valence-corrected chi connectivity index (χ4v) is 3.11. The SMILES string of the molecule is CCSc1nnc(C(F)(F)F)n1/N=C/c1ccc(COc2cc(Cl)ccc2Cl)o1. The average Bonchev–Trinajstić information content (AvgIpc) is 3.27. The molecule has 0 amide bonds. The van der Waals surface area contributed by atoms with Crippen molar-refractivity contribution in [2.75, 3.05) is 5.75 Å². The standard InChI is InChI=1S/C17H13Cl2F3N4O2S/c1-2-29-16-25-24-15(17(20,21)22)26(16)23-8-11-4-5-12(28-11)9-27-14-7-10(18)3-6-13(14)19/h3-8H,2,9H2,1H3/b23-8+. The van der Waals surface area contributed by atoms with Crippen molar-refractivity contribution >= 4 is 41.2 Å². The fraction of sp³-hybridized carbons (Fsp3) is 0.235. The van der Waals surface area contributed by atoms with Crippen LogP contribution in [0.5, 0.6) is 5.75 Å². The minimum absolute atomic E-state index is 0.0294. The number of hydrogen-bond acceptors (Lipinski definition) is 6. The van der Waals surface area contributed by atoms with E-state index in [0.717, 1.165) is 18.0 Å².